The Balaban J connectivity index is 1.28. The van der Waals surface area contributed by atoms with E-state index in [1.807, 2.05) is 38.9 Å². The Kier molecular flexibility index (Phi) is 8.31. The van der Waals surface area contributed by atoms with Crippen LogP contribution in [0.2, 0.25) is 0 Å². The van der Waals surface area contributed by atoms with Gasteiger partial charge in [-0.3, -0.25) is 4.79 Å². The van der Waals surface area contributed by atoms with Gasteiger partial charge in [0.25, 0.3) is 0 Å². The molecule has 2 saturated heterocycles. The third-order valence-corrected chi connectivity index (χ3v) is 6.89. The molecule has 1 unspecified atom stereocenters. The number of aromatic nitrogens is 4. The molecule has 4 rings (SSSR count). The number of aryl methyl sites for hydroxylation is 2. The van der Waals surface area contributed by atoms with E-state index >= 15 is 0 Å². The van der Waals surface area contributed by atoms with Crippen molar-refractivity contribution in [1.82, 2.24) is 34.2 Å². The van der Waals surface area contributed by atoms with E-state index in [4.69, 9.17) is 9.72 Å². The Labute approximate surface area is 218 Å². The van der Waals surface area contributed by atoms with Gasteiger partial charge < -0.3 is 29.3 Å². The molecule has 2 amide bonds. The molecule has 0 saturated carbocycles. The second-order valence-corrected chi connectivity index (χ2v) is 10.6. The maximum absolute atomic E-state index is 12.8. The number of ether oxygens (including phenoxy) is 1. The van der Waals surface area contributed by atoms with Crippen molar-refractivity contribution in [3.63, 3.8) is 0 Å². The number of imidazole rings is 1. The fraction of sp³-hybridized carbons (Fsp3) is 0.654. The SMILES string of the molecule is Cc1nc(NC2CCN(C(=O)OC3CCN(C(=O)/C=C/CN(C)C)C3)CC2)c2nc(C)n(C(C)C)c2n1. The summed E-state index contributed by atoms with van der Waals surface area (Å²) < 4.78 is 7.88. The molecule has 2 aromatic heterocycles. The number of nitrogens with one attached hydrogen (secondary N) is 1. The van der Waals surface area contributed by atoms with Crippen molar-refractivity contribution < 1.29 is 14.3 Å². The molecule has 4 heterocycles. The molecule has 0 aliphatic carbocycles. The van der Waals surface area contributed by atoms with Crippen LogP contribution in [0.25, 0.3) is 11.2 Å². The van der Waals surface area contributed by atoms with Crippen LogP contribution in [0.15, 0.2) is 12.2 Å². The van der Waals surface area contributed by atoms with Crippen molar-refractivity contribution in [1.29, 1.82) is 0 Å². The smallest absolute Gasteiger partial charge is 0.410 e. The zero-order chi connectivity index (χ0) is 26.7. The number of rotatable bonds is 7. The van der Waals surface area contributed by atoms with Crippen molar-refractivity contribution in [2.75, 3.05) is 52.1 Å². The summed E-state index contributed by atoms with van der Waals surface area (Å²) in [5, 5.41) is 3.56. The Morgan fingerprint density at radius 3 is 2.46 bits per heavy atom. The lowest BCUT2D eigenvalue weighted by molar-refractivity contribution is -0.125. The van der Waals surface area contributed by atoms with E-state index in [2.05, 4.69) is 33.7 Å². The van der Waals surface area contributed by atoms with Gasteiger partial charge >= 0.3 is 6.09 Å². The summed E-state index contributed by atoms with van der Waals surface area (Å²) in [6.07, 6.45) is 5.14. The van der Waals surface area contributed by atoms with E-state index in [0.717, 1.165) is 35.6 Å². The van der Waals surface area contributed by atoms with Crippen molar-refractivity contribution in [2.45, 2.75) is 65.1 Å². The minimum atomic E-state index is -0.299. The van der Waals surface area contributed by atoms with Gasteiger partial charge in [-0.25, -0.2) is 19.7 Å². The van der Waals surface area contributed by atoms with Crippen LogP contribution in [0.1, 0.15) is 50.8 Å². The topological polar surface area (TPSA) is 109 Å². The van der Waals surface area contributed by atoms with Gasteiger partial charge in [0, 0.05) is 50.8 Å². The van der Waals surface area contributed by atoms with Gasteiger partial charge in [0.15, 0.2) is 17.0 Å². The first-order chi connectivity index (χ1) is 17.6. The first-order valence-corrected chi connectivity index (χ1v) is 13.2. The number of hydrogen-bond acceptors (Lipinski definition) is 8. The van der Waals surface area contributed by atoms with Crippen LogP contribution in [0, 0.1) is 13.8 Å². The molecular formula is C26H40N8O3. The molecular weight excluding hydrogens is 472 g/mol. The van der Waals surface area contributed by atoms with Crippen LogP contribution < -0.4 is 5.32 Å². The summed E-state index contributed by atoms with van der Waals surface area (Å²) in [5.74, 6) is 2.34. The van der Waals surface area contributed by atoms with Gasteiger partial charge in [-0.15, -0.1) is 0 Å². The van der Waals surface area contributed by atoms with Gasteiger partial charge in [-0.1, -0.05) is 6.08 Å². The summed E-state index contributed by atoms with van der Waals surface area (Å²) in [6, 6.07) is 0.436. The summed E-state index contributed by atoms with van der Waals surface area (Å²) in [5.41, 5.74) is 1.64. The molecule has 37 heavy (non-hydrogen) atoms. The Morgan fingerprint density at radius 1 is 1.08 bits per heavy atom. The highest BCUT2D eigenvalue weighted by molar-refractivity contribution is 5.88. The molecule has 2 aromatic rings. The molecule has 2 aliphatic rings. The Morgan fingerprint density at radius 2 is 1.78 bits per heavy atom. The molecule has 0 aromatic carbocycles. The number of fused-ring (bicyclic) bond motifs is 1. The summed E-state index contributed by atoms with van der Waals surface area (Å²) in [6.45, 7) is 11.1. The minimum Gasteiger partial charge on any atom is -0.444 e. The van der Waals surface area contributed by atoms with E-state index in [1.54, 1.807) is 15.9 Å². The van der Waals surface area contributed by atoms with Crippen LogP contribution in [0.4, 0.5) is 10.6 Å². The van der Waals surface area contributed by atoms with Gasteiger partial charge in [-0.05, 0) is 54.6 Å². The minimum absolute atomic E-state index is 0.0326. The molecule has 2 aliphatic heterocycles. The largest absolute Gasteiger partial charge is 0.444 e. The van der Waals surface area contributed by atoms with Gasteiger partial charge in [-0.2, -0.15) is 0 Å². The number of hydrogen-bond donors (Lipinski definition) is 1. The van der Waals surface area contributed by atoms with Crippen LogP contribution in [0.3, 0.4) is 0 Å². The molecule has 11 heteroatoms. The van der Waals surface area contributed by atoms with E-state index < -0.39 is 0 Å². The van der Waals surface area contributed by atoms with E-state index in [1.165, 1.54) is 0 Å². The number of carbonyl (C=O) groups is 2. The van der Waals surface area contributed by atoms with Crippen LogP contribution in [0.5, 0.6) is 0 Å². The number of anilines is 1. The highest BCUT2D eigenvalue weighted by Crippen LogP contribution is 2.26. The van der Waals surface area contributed by atoms with E-state index in [-0.39, 0.29) is 30.2 Å². The number of nitrogens with zero attached hydrogens (tertiary/aromatic N) is 7. The lowest BCUT2D eigenvalue weighted by atomic mass is 10.1. The average Bonchev–Trinajstić information content (AvgIpc) is 3.43. The first kappa shape index (κ1) is 26.8. The maximum Gasteiger partial charge on any atom is 0.410 e. The summed E-state index contributed by atoms with van der Waals surface area (Å²) >= 11 is 0. The van der Waals surface area contributed by atoms with E-state index in [0.29, 0.717) is 45.0 Å². The molecule has 1 atom stereocenters. The third kappa shape index (κ3) is 6.38. The quantitative estimate of drug-likeness (QED) is 0.564. The maximum atomic E-state index is 12.8. The molecule has 0 spiro atoms. The highest BCUT2D eigenvalue weighted by atomic mass is 16.6. The number of likely N-dealkylation sites (tertiary alicyclic amines) is 2. The zero-order valence-corrected chi connectivity index (χ0v) is 22.9. The van der Waals surface area contributed by atoms with Crippen LogP contribution in [-0.2, 0) is 9.53 Å². The third-order valence-electron chi connectivity index (χ3n) is 6.89. The fourth-order valence-electron chi connectivity index (χ4n) is 5.02. The lowest BCUT2D eigenvalue weighted by Gasteiger charge is -2.32. The molecule has 2 fully saturated rings. The number of likely N-dealkylation sites (N-methyl/N-ethyl adjacent to an activating group) is 1. The monoisotopic (exact) mass is 512 g/mol. The molecule has 0 bridgehead atoms. The van der Waals surface area contributed by atoms with Crippen LogP contribution in [-0.4, -0.2) is 105 Å². The summed E-state index contributed by atoms with van der Waals surface area (Å²) in [7, 11) is 3.91. The molecule has 0 radical (unpaired) electrons. The predicted molar refractivity (Wildman–Crippen MR) is 143 cm³/mol. The number of amides is 2. The van der Waals surface area contributed by atoms with Crippen LogP contribution >= 0.6 is 0 Å². The number of carbonyl (C=O) groups excluding carboxylic acids is 2. The molecule has 11 nitrogen and oxygen atoms in total. The van der Waals surface area contributed by atoms with Gasteiger partial charge in [0.05, 0.1) is 6.54 Å². The second-order valence-electron chi connectivity index (χ2n) is 10.6. The van der Waals surface area contributed by atoms with Crippen molar-refractivity contribution in [3.8, 4) is 0 Å². The lowest BCUT2D eigenvalue weighted by Crippen LogP contribution is -2.44. The Bertz CT molecular complexity index is 1150. The Hall–Kier alpha value is -3.21. The molecule has 1 N–H and O–H groups in total. The second kappa shape index (κ2) is 11.5. The summed E-state index contributed by atoms with van der Waals surface area (Å²) in [4.78, 5) is 44.7. The fourth-order valence-corrected chi connectivity index (χ4v) is 5.02. The van der Waals surface area contributed by atoms with Gasteiger partial charge in [0.1, 0.15) is 17.8 Å². The zero-order valence-electron chi connectivity index (χ0n) is 22.9. The van der Waals surface area contributed by atoms with E-state index in [9.17, 15) is 9.59 Å². The first-order valence-electron chi connectivity index (χ1n) is 13.2. The highest BCUT2D eigenvalue weighted by Gasteiger charge is 2.31. The van der Waals surface area contributed by atoms with Gasteiger partial charge in [0.2, 0.25) is 5.91 Å². The average molecular weight is 513 g/mol. The van der Waals surface area contributed by atoms with Crippen molar-refractivity contribution in [2.24, 2.45) is 0 Å². The standard InChI is InChI=1S/C26H40N8O3/c1-17(2)34-19(4)29-23-24(27-18(3)28-25(23)34)30-20-9-13-32(14-10-20)26(36)37-21-11-15-33(16-21)22(35)8-7-12-31(5)6/h7-8,17,20-21H,9-16H2,1-6H3,(H,27,28,30)/b8-7+. The predicted octanol–water partition coefficient (Wildman–Crippen LogP) is 2.76. The van der Waals surface area contributed by atoms with Crippen molar-refractivity contribution in [3.05, 3.63) is 23.8 Å². The normalized spacial score (nSPS) is 19.1. The van der Waals surface area contributed by atoms with Crippen molar-refractivity contribution >= 4 is 29.0 Å². The molecule has 202 valence electrons. The number of piperidine rings is 1.